The summed E-state index contributed by atoms with van der Waals surface area (Å²) < 4.78 is 5.10. The number of amidine groups is 1. The molecule has 1 aliphatic rings. The molecule has 2 unspecified atom stereocenters. The molecule has 0 aliphatic carbocycles. The van der Waals surface area contributed by atoms with E-state index in [1.165, 1.54) is 11.8 Å². The zero-order valence-electron chi connectivity index (χ0n) is 14.7. The van der Waals surface area contributed by atoms with Crippen molar-refractivity contribution in [3.05, 3.63) is 29.8 Å². The highest BCUT2D eigenvalue weighted by Gasteiger charge is 2.19. The second-order valence-electron chi connectivity index (χ2n) is 5.50. The number of ether oxygens (including phenoxy) is 1. The molecular formula is C17H27N3O3S. The van der Waals surface area contributed by atoms with E-state index in [4.69, 9.17) is 15.3 Å². The van der Waals surface area contributed by atoms with E-state index in [0.29, 0.717) is 17.5 Å². The maximum absolute atomic E-state index is 10.8. The molecule has 2 atom stereocenters. The Kier molecular flexibility index (Phi) is 9.44. The van der Waals surface area contributed by atoms with E-state index in [9.17, 15) is 4.79 Å². The van der Waals surface area contributed by atoms with Crippen molar-refractivity contribution in [1.29, 1.82) is 0 Å². The van der Waals surface area contributed by atoms with Gasteiger partial charge >= 0.3 is 0 Å². The number of aliphatic imine (C=N–C) groups is 1. The highest BCUT2D eigenvalue weighted by atomic mass is 32.2. The number of carbonyl (C=O) groups is 1. The molecule has 24 heavy (non-hydrogen) atoms. The first-order valence-corrected chi connectivity index (χ1v) is 9.06. The number of rotatable bonds is 7. The van der Waals surface area contributed by atoms with Crippen molar-refractivity contribution in [3.63, 3.8) is 0 Å². The number of hydroxylamine groups is 1. The van der Waals surface area contributed by atoms with Crippen LogP contribution in [-0.4, -0.2) is 36.3 Å². The van der Waals surface area contributed by atoms with E-state index < -0.39 is 0 Å². The van der Waals surface area contributed by atoms with Crippen molar-refractivity contribution >= 4 is 23.4 Å². The lowest BCUT2D eigenvalue weighted by atomic mass is 10.2. The topological polar surface area (TPSA) is 85.9 Å². The van der Waals surface area contributed by atoms with E-state index in [0.717, 1.165) is 23.6 Å². The normalized spacial score (nSPS) is 17.2. The van der Waals surface area contributed by atoms with Crippen molar-refractivity contribution in [1.82, 2.24) is 5.48 Å². The van der Waals surface area contributed by atoms with Gasteiger partial charge < -0.3 is 10.5 Å². The zero-order chi connectivity index (χ0) is 17.9. The monoisotopic (exact) mass is 353 g/mol. The van der Waals surface area contributed by atoms with Gasteiger partial charge in [-0.15, -0.1) is 11.8 Å². The molecule has 1 heterocycles. The Morgan fingerprint density at radius 3 is 2.58 bits per heavy atom. The lowest BCUT2D eigenvalue weighted by molar-refractivity contribution is -0.114. The zero-order valence-corrected chi connectivity index (χ0v) is 15.6. The highest BCUT2D eigenvalue weighted by Crippen LogP contribution is 2.24. The van der Waals surface area contributed by atoms with Crippen LogP contribution >= 0.6 is 11.8 Å². The Labute approximate surface area is 148 Å². The minimum atomic E-state index is -0.334. The fourth-order valence-electron chi connectivity index (χ4n) is 1.59. The predicted octanol–water partition coefficient (Wildman–Crippen LogP) is 2.69. The summed E-state index contributed by atoms with van der Waals surface area (Å²) in [7, 11) is 1.63. The largest absolute Gasteiger partial charge is 0.497 e. The quantitative estimate of drug-likeness (QED) is 0.784. The maximum Gasteiger partial charge on any atom is 0.202 e. The fourth-order valence-corrected chi connectivity index (χ4v) is 2.30. The summed E-state index contributed by atoms with van der Waals surface area (Å²) in [5.74, 6) is 2.86. The van der Waals surface area contributed by atoms with Gasteiger partial charge in [0.15, 0.2) is 0 Å². The van der Waals surface area contributed by atoms with Crippen molar-refractivity contribution in [2.45, 2.75) is 39.5 Å². The van der Waals surface area contributed by atoms with Crippen molar-refractivity contribution in [3.8, 4) is 5.75 Å². The van der Waals surface area contributed by atoms with Gasteiger partial charge in [-0.3, -0.25) is 4.79 Å². The molecule has 3 N–H and O–H groups in total. The lowest BCUT2D eigenvalue weighted by Crippen LogP contribution is -2.19. The van der Waals surface area contributed by atoms with E-state index in [2.05, 4.69) is 17.4 Å². The standard InChI is InChI=1S/C13H16N2O3S.C4H11N/c1-9(16)7-19-8-12-14-13(18-15-12)10-3-5-11(17-2)6-4-10;1-3-4(2)5/h3-6,13H,7-8H2,1-2H3,(H,14,15);4H,3,5H2,1-2H3. The molecule has 6 nitrogen and oxygen atoms in total. The first kappa shape index (κ1) is 20.5. The van der Waals surface area contributed by atoms with Gasteiger partial charge in [-0.25, -0.2) is 15.3 Å². The van der Waals surface area contributed by atoms with Crippen LogP contribution in [0.5, 0.6) is 5.75 Å². The van der Waals surface area contributed by atoms with Crippen molar-refractivity contribution in [2.24, 2.45) is 10.7 Å². The number of methoxy groups -OCH3 is 1. The van der Waals surface area contributed by atoms with Crippen LogP contribution in [-0.2, 0) is 9.63 Å². The minimum Gasteiger partial charge on any atom is -0.497 e. The molecule has 1 aliphatic heterocycles. The van der Waals surface area contributed by atoms with E-state index in [1.54, 1.807) is 14.0 Å². The smallest absolute Gasteiger partial charge is 0.202 e. The van der Waals surface area contributed by atoms with E-state index in [-0.39, 0.29) is 12.0 Å². The van der Waals surface area contributed by atoms with Gasteiger partial charge in [0.1, 0.15) is 17.4 Å². The van der Waals surface area contributed by atoms with Crippen molar-refractivity contribution < 1.29 is 14.4 Å². The number of hydrogen-bond donors (Lipinski definition) is 2. The molecule has 0 amide bonds. The summed E-state index contributed by atoms with van der Waals surface area (Å²) in [5, 5.41) is 0. The Balaban J connectivity index is 0.000000505. The molecule has 0 radical (unpaired) electrons. The fraction of sp³-hybridized carbons (Fsp3) is 0.529. The van der Waals surface area contributed by atoms with Gasteiger partial charge in [-0.2, -0.15) is 0 Å². The lowest BCUT2D eigenvalue weighted by Gasteiger charge is -2.06. The van der Waals surface area contributed by atoms with Gasteiger partial charge in [0, 0.05) is 11.6 Å². The molecule has 0 spiro atoms. The Morgan fingerprint density at radius 1 is 1.46 bits per heavy atom. The summed E-state index contributed by atoms with van der Waals surface area (Å²) in [6, 6.07) is 7.96. The van der Waals surface area contributed by atoms with E-state index >= 15 is 0 Å². The summed E-state index contributed by atoms with van der Waals surface area (Å²) in [4.78, 5) is 20.7. The molecule has 134 valence electrons. The third-order valence-electron chi connectivity index (χ3n) is 3.15. The SMILES string of the molecule is CCC(C)N.COc1ccc(C2N=C(CSCC(C)=O)NO2)cc1. The number of nitrogens with one attached hydrogen (secondary N) is 1. The second kappa shape index (κ2) is 11.1. The molecule has 1 aromatic rings. The van der Waals surface area contributed by atoms with Crippen LogP contribution in [0.4, 0.5) is 0 Å². The molecule has 0 saturated heterocycles. The number of benzene rings is 1. The van der Waals surface area contributed by atoms with Gasteiger partial charge in [0.25, 0.3) is 0 Å². The Hall–Kier alpha value is -1.57. The molecule has 2 rings (SSSR count). The van der Waals surface area contributed by atoms with Gasteiger partial charge in [0.05, 0.1) is 18.6 Å². The molecule has 0 bridgehead atoms. The number of Topliss-reactive ketones (excluding diaryl/α,β-unsaturated/α-hetero) is 1. The van der Waals surface area contributed by atoms with Crippen LogP contribution in [0.1, 0.15) is 39.0 Å². The number of ketones is 1. The second-order valence-corrected chi connectivity index (χ2v) is 6.49. The van der Waals surface area contributed by atoms with Crippen LogP contribution in [0.15, 0.2) is 29.3 Å². The van der Waals surface area contributed by atoms with Gasteiger partial charge in [0.2, 0.25) is 6.23 Å². The summed E-state index contributed by atoms with van der Waals surface area (Å²) in [6.45, 7) is 5.65. The third kappa shape index (κ3) is 7.81. The summed E-state index contributed by atoms with van der Waals surface area (Å²) >= 11 is 1.52. The number of nitrogens with zero attached hydrogens (tertiary/aromatic N) is 1. The first-order valence-electron chi connectivity index (χ1n) is 7.91. The Bertz CT molecular complexity index is 532. The Morgan fingerprint density at radius 2 is 2.08 bits per heavy atom. The van der Waals surface area contributed by atoms with Crippen LogP contribution in [0.2, 0.25) is 0 Å². The third-order valence-corrected chi connectivity index (χ3v) is 4.24. The highest BCUT2D eigenvalue weighted by molar-refractivity contribution is 8.00. The maximum atomic E-state index is 10.8. The summed E-state index contributed by atoms with van der Waals surface area (Å²) in [6.07, 6.45) is 0.749. The van der Waals surface area contributed by atoms with Crippen LogP contribution < -0.4 is 16.0 Å². The van der Waals surface area contributed by atoms with Crippen LogP contribution in [0, 0.1) is 0 Å². The van der Waals surface area contributed by atoms with E-state index in [1.807, 2.05) is 31.2 Å². The number of hydrogen-bond acceptors (Lipinski definition) is 7. The number of nitrogens with two attached hydrogens (primary N) is 1. The molecule has 0 saturated carbocycles. The molecule has 0 fully saturated rings. The molecule has 1 aromatic carbocycles. The molecule has 0 aromatic heterocycles. The average molecular weight is 353 g/mol. The van der Waals surface area contributed by atoms with Gasteiger partial charge in [-0.1, -0.05) is 19.1 Å². The van der Waals surface area contributed by atoms with Crippen LogP contribution in [0.3, 0.4) is 0 Å². The average Bonchev–Trinajstić information content (AvgIpc) is 3.04. The van der Waals surface area contributed by atoms with Crippen molar-refractivity contribution in [2.75, 3.05) is 18.6 Å². The predicted molar refractivity (Wildman–Crippen MR) is 99.3 cm³/mol. The first-order chi connectivity index (χ1) is 11.5. The number of carbonyl (C=O) groups excluding carboxylic acids is 1. The molecule has 7 heteroatoms. The molecular weight excluding hydrogens is 326 g/mol. The number of thioether (sulfide) groups is 1. The summed E-state index contributed by atoms with van der Waals surface area (Å²) in [5.41, 5.74) is 9.04. The van der Waals surface area contributed by atoms with Crippen LogP contribution in [0.25, 0.3) is 0 Å². The van der Waals surface area contributed by atoms with Gasteiger partial charge in [-0.05, 0) is 32.4 Å². The minimum absolute atomic E-state index is 0.163.